The first-order chi connectivity index (χ1) is 11.5. The van der Waals surface area contributed by atoms with Gasteiger partial charge in [-0.25, -0.2) is 4.79 Å². The second-order valence-electron chi connectivity index (χ2n) is 5.32. The molecule has 1 amide bonds. The molecule has 0 spiro atoms. The number of hydrogen-bond acceptors (Lipinski definition) is 3. The second-order valence-corrected chi connectivity index (χ2v) is 6.56. The molecule has 24 heavy (non-hydrogen) atoms. The van der Waals surface area contributed by atoms with Gasteiger partial charge < -0.3 is 14.7 Å². The van der Waals surface area contributed by atoms with Gasteiger partial charge in [0.2, 0.25) is 0 Å². The summed E-state index contributed by atoms with van der Waals surface area (Å²) in [7, 11) is 1.55. The molecule has 0 saturated carbocycles. The van der Waals surface area contributed by atoms with Gasteiger partial charge in [0.15, 0.2) is 0 Å². The van der Waals surface area contributed by atoms with E-state index in [1.54, 1.807) is 7.05 Å². The summed E-state index contributed by atoms with van der Waals surface area (Å²) < 4.78 is 6.33. The molecule has 2 rings (SSSR count). The number of aliphatic carboxylic acids is 1. The van der Waals surface area contributed by atoms with Crippen LogP contribution in [0, 0.1) is 3.57 Å². The smallest absolute Gasteiger partial charge is 0.410 e. The molecule has 6 heteroatoms. The van der Waals surface area contributed by atoms with E-state index in [4.69, 9.17) is 9.84 Å². The SMILES string of the molecule is CN(C(=O)OCc1ccccc1)C(CC(=O)O)c1ccc(I)cc1. The molecule has 5 nitrogen and oxygen atoms in total. The molecule has 0 aliphatic rings. The summed E-state index contributed by atoms with van der Waals surface area (Å²) in [5.41, 5.74) is 1.64. The highest BCUT2D eigenvalue weighted by atomic mass is 127. The molecule has 1 N–H and O–H groups in total. The highest BCUT2D eigenvalue weighted by Gasteiger charge is 2.25. The van der Waals surface area contributed by atoms with Gasteiger partial charge in [-0.2, -0.15) is 0 Å². The number of carbonyl (C=O) groups excluding carboxylic acids is 1. The average molecular weight is 439 g/mol. The van der Waals surface area contributed by atoms with Crippen molar-refractivity contribution in [1.82, 2.24) is 4.90 Å². The third-order valence-corrected chi connectivity index (χ3v) is 4.30. The fraction of sp³-hybridized carbons (Fsp3) is 0.222. The van der Waals surface area contributed by atoms with Crippen LogP contribution in [0.25, 0.3) is 0 Å². The molecular formula is C18H18INO4. The zero-order chi connectivity index (χ0) is 17.5. The molecule has 0 fully saturated rings. The second kappa shape index (κ2) is 8.68. The molecule has 2 aromatic rings. The van der Waals surface area contributed by atoms with Crippen LogP contribution in [0.1, 0.15) is 23.6 Å². The highest BCUT2D eigenvalue weighted by Crippen LogP contribution is 2.25. The van der Waals surface area contributed by atoms with Crippen molar-refractivity contribution in [3.8, 4) is 0 Å². The zero-order valence-electron chi connectivity index (χ0n) is 13.2. The van der Waals surface area contributed by atoms with Crippen LogP contribution in [0.5, 0.6) is 0 Å². The minimum absolute atomic E-state index is 0.149. The zero-order valence-corrected chi connectivity index (χ0v) is 15.3. The molecule has 126 valence electrons. The van der Waals surface area contributed by atoms with E-state index < -0.39 is 18.1 Å². The number of carboxylic acids is 1. The number of ether oxygens (including phenoxy) is 1. The molecular weight excluding hydrogens is 421 g/mol. The van der Waals surface area contributed by atoms with Crippen LogP contribution >= 0.6 is 22.6 Å². The van der Waals surface area contributed by atoms with Gasteiger partial charge in [0.1, 0.15) is 6.61 Å². The monoisotopic (exact) mass is 439 g/mol. The average Bonchev–Trinajstić information content (AvgIpc) is 2.58. The predicted octanol–water partition coefficient (Wildman–Crippen LogP) is 4.08. The van der Waals surface area contributed by atoms with Crippen LogP contribution in [0.3, 0.4) is 0 Å². The Balaban J connectivity index is 2.08. The van der Waals surface area contributed by atoms with Crippen LogP contribution in [0.2, 0.25) is 0 Å². The van der Waals surface area contributed by atoms with Crippen molar-refractivity contribution < 1.29 is 19.4 Å². The molecule has 0 bridgehead atoms. The van der Waals surface area contributed by atoms with Gasteiger partial charge >= 0.3 is 12.1 Å². The Morgan fingerprint density at radius 2 is 1.75 bits per heavy atom. The number of halogens is 1. The molecule has 0 aromatic heterocycles. The minimum Gasteiger partial charge on any atom is -0.481 e. The van der Waals surface area contributed by atoms with Crippen molar-refractivity contribution in [3.63, 3.8) is 0 Å². The first-order valence-electron chi connectivity index (χ1n) is 7.38. The summed E-state index contributed by atoms with van der Waals surface area (Å²) in [5, 5.41) is 9.16. The van der Waals surface area contributed by atoms with Gasteiger partial charge in [-0.05, 0) is 45.9 Å². The maximum Gasteiger partial charge on any atom is 0.410 e. The number of amides is 1. The Kier molecular flexibility index (Phi) is 6.60. The summed E-state index contributed by atoms with van der Waals surface area (Å²) >= 11 is 2.17. The number of nitrogens with zero attached hydrogens (tertiary/aromatic N) is 1. The lowest BCUT2D eigenvalue weighted by molar-refractivity contribution is -0.138. The molecule has 0 aliphatic carbocycles. The first-order valence-corrected chi connectivity index (χ1v) is 8.46. The van der Waals surface area contributed by atoms with Crippen molar-refractivity contribution >= 4 is 34.7 Å². The van der Waals surface area contributed by atoms with Gasteiger partial charge in [-0.15, -0.1) is 0 Å². The lowest BCUT2D eigenvalue weighted by atomic mass is 10.0. The van der Waals surface area contributed by atoms with E-state index in [1.165, 1.54) is 4.90 Å². The lowest BCUT2D eigenvalue weighted by Gasteiger charge is -2.27. The number of rotatable bonds is 6. The van der Waals surface area contributed by atoms with Crippen LogP contribution in [0.4, 0.5) is 4.79 Å². The minimum atomic E-state index is -0.971. The molecule has 1 atom stereocenters. The lowest BCUT2D eigenvalue weighted by Crippen LogP contribution is -2.33. The Hall–Kier alpha value is -2.09. The van der Waals surface area contributed by atoms with Crippen molar-refractivity contribution in [2.75, 3.05) is 7.05 Å². The van der Waals surface area contributed by atoms with E-state index in [2.05, 4.69) is 22.6 Å². The number of carboxylic acid groups (broad SMARTS) is 1. The van der Waals surface area contributed by atoms with Gasteiger partial charge in [0.25, 0.3) is 0 Å². The van der Waals surface area contributed by atoms with E-state index in [-0.39, 0.29) is 13.0 Å². The summed E-state index contributed by atoms with van der Waals surface area (Å²) in [6.07, 6.45) is -0.735. The number of hydrogen-bond donors (Lipinski definition) is 1. The van der Waals surface area contributed by atoms with E-state index in [0.29, 0.717) is 0 Å². The topological polar surface area (TPSA) is 66.8 Å². The van der Waals surface area contributed by atoms with Crippen LogP contribution in [0.15, 0.2) is 54.6 Å². The fourth-order valence-corrected chi connectivity index (χ4v) is 2.64. The normalized spacial score (nSPS) is 11.6. The van der Waals surface area contributed by atoms with Crippen molar-refractivity contribution in [1.29, 1.82) is 0 Å². The molecule has 0 heterocycles. The van der Waals surface area contributed by atoms with E-state index in [1.807, 2.05) is 54.6 Å². The molecule has 0 saturated heterocycles. The third kappa shape index (κ3) is 5.23. The molecule has 2 aromatic carbocycles. The quantitative estimate of drug-likeness (QED) is 0.690. The van der Waals surface area contributed by atoms with Crippen molar-refractivity contribution in [2.24, 2.45) is 0 Å². The maximum absolute atomic E-state index is 12.3. The van der Waals surface area contributed by atoms with Gasteiger partial charge in [-0.1, -0.05) is 42.5 Å². The van der Waals surface area contributed by atoms with E-state index >= 15 is 0 Å². The van der Waals surface area contributed by atoms with Crippen molar-refractivity contribution in [2.45, 2.75) is 19.1 Å². The van der Waals surface area contributed by atoms with Gasteiger partial charge in [-0.3, -0.25) is 4.79 Å². The Labute approximate surface area is 154 Å². The summed E-state index contributed by atoms with van der Waals surface area (Å²) in [5.74, 6) is -0.971. The molecule has 1 unspecified atom stereocenters. The van der Waals surface area contributed by atoms with Gasteiger partial charge in [0, 0.05) is 10.6 Å². The number of benzene rings is 2. The maximum atomic E-state index is 12.3. The number of carbonyl (C=O) groups is 2. The van der Waals surface area contributed by atoms with Gasteiger partial charge in [0.05, 0.1) is 12.5 Å². The largest absolute Gasteiger partial charge is 0.481 e. The first kappa shape index (κ1) is 18.3. The fourth-order valence-electron chi connectivity index (χ4n) is 2.28. The molecule has 0 radical (unpaired) electrons. The Morgan fingerprint density at radius 3 is 2.33 bits per heavy atom. The van der Waals surface area contributed by atoms with E-state index in [9.17, 15) is 9.59 Å². The highest BCUT2D eigenvalue weighted by molar-refractivity contribution is 14.1. The summed E-state index contributed by atoms with van der Waals surface area (Å²) in [6.45, 7) is 0.149. The summed E-state index contributed by atoms with van der Waals surface area (Å²) in [4.78, 5) is 24.8. The van der Waals surface area contributed by atoms with Crippen LogP contribution < -0.4 is 0 Å². The van der Waals surface area contributed by atoms with Crippen molar-refractivity contribution in [3.05, 3.63) is 69.3 Å². The van der Waals surface area contributed by atoms with Crippen LogP contribution in [-0.2, 0) is 16.1 Å². The summed E-state index contributed by atoms with van der Waals surface area (Å²) in [6, 6.07) is 16.2. The standard InChI is InChI=1S/C18H18INO4/c1-20(18(23)24-12-13-5-3-2-4-6-13)16(11-17(21)22)14-7-9-15(19)10-8-14/h2-10,16H,11-12H2,1H3,(H,21,22). The molecule has 0 aliphatic heterocycles. The Morgan fingerprint density at radius 1 is 1.12 bits per heavy atom. The van der Waals surface area contributed by atoms with E-state index in [0.717, 1.165) is 14.7 Å². The van der Waals surface area contributed by atoms with Crippen LogP contribution in [-0.4, -0.2) is 29.1 Å². The third-order valence-electron chi connectivity index (χ3n) is 3.58. The predicted molar refractivity (Wildman–Crippen MR) is 98.5 cm³/mol. The Bertz CT molecular complexity index is 688.